The number of hydrogen-bond acceptors (Lipinski definition) is 2. The first kappa shape index (κ1) is 14.3. The molecule has 106 valence electrons. The summed E-state index contributed by atoms with van der Waals surface area (Å²) >= 11 is 0. The van der Waals surface area contributed by atoms with Gasteiger partial charge in [0, 0.05) is 25.7 Å². The monoisotopic (exact) mass is 272 g/mol. The van der Waals surface area contributed by atoms with E-state index in [0.29, 0.717) is 18.2 Å². The van der Waals surface area contributed by atoms with Crippen molar-refractivity contribution >= 4 is 0 Å². The molecule has 1 aliphatic heterocycles. The topological polar surface area (TPSA) is 15.3 Å². The molecule has 5 heteroatoms. The molecular formula is C14H19F3N2. The average Bonchev–Trinajstić information content (AvgIpc) is 2.76. The summed E-state index contributed by atoms with van der Waals surface area (Å²) in [6, 6.07) is 6.25. The summed E-state index contributed by atoms with van der Waals surface area (Å²) in [7, 11) is 0. The first-order valence-corrected chi connectivity index (χ1v) is 6.61. The summed E-state index contributed by atoms with van der Waals surface area (Å²) in [6.45, 7) is 4.99. The van der Waals surface area contributed by atoms with Crippen molar-refractivity contribution in [2.45, 2.75) is 32.1 Å². The molecule has 1 saturated heterocycles. The van der Waals surface area contributed by atoms with E-state index >= 15 is 0 Å². The van der Waals surface area contributed by atoms with Gasteiger partial charge in [-0.3, -0.25) is 4.90 Å². The summed E-state index contributed by atoms with van der Waals surface area (Å²) in [5.74, 6) is 0. The van der Waals surface area contributed by atoms with Crippen LogP contribution in [0.25, 0.3) is 0 Å². The predicted octanol–water partition coefficient (Wildman–Crippen LogP) is 2.89. The second-order valence-corrected chi connectivity index (χ2v) is 4.93. The fourth-order valence-electron chi connectivity index (χ4n) is 2.61. The Hall–Kier alpha value is -1.07. The first-order valence-electron chi connectivity index (χ1n) is 6.61. The van der Waals surface area contributed by atoms with Gasteiger partial charge in [-0.25, -0.2) is 0 Å². The molecule has 0 amide bonds. The molecule has 1 heterocycles. The van der Waals surface area contributed by atoms with E-state index in [4.69, 9.17) is 0 Å². The highest BCUT2D eigenvalue weighted by Crippen LogP contribution is 2.32. The van der Waals surface area contributed by atoms with E-state index in [9.17, 15) is 13.2 Å². The summed E-state index contributed by atoms with van der Waals surface area (Å²) < 4.78 is 38.7. The zero-order valence-electron chi connectivity index (χ0n) is 11.0. The SMILES string of the molecule is CCNC1CCN(Cc2ccccc2C(F)(F)F)C1. The highest BCUT2D eigenvalue weighted by molar-refractivity contribution is 5.29. The van der Waals surface area contributed by atoms with Crippen LogP contribution < -0.4 is 5.32 Å². The third-order valence-electron chi connectivity index (χ3n) is 3.48. The van der Waals surface area contributed by atoms with E-state index in [0.717, 1.165) is 32.1 Å². The third kappa shape index (κ3) is 3.70. The number of likely N-dealkylation sites (tertiary alicyclic amines) is 1. The largest absolute Gasteiger partial charge is 0.416 e. The Morgan fingerprint density at radius 2 is 2.05 bits per heavy atom. The smallest absolute Gasteiger partial charge is 0.313 e. The molecule has 1 atom stereocenters. The van der Waals surface area contributed by atoms with Crippen LogP contribution in [0, 0.1) is 0 Å². The molecule has 1 aliphatic rings. The fraction of sp³-hybridized carbons (Fsp3) is 0.571. The number of rotatable bonds is 4. The van der Waals surface area contributed by atoms with Gasteiger partial charge >= 0.3 is 6.18 Å². The van der Waals surface area contributed by atoms with Crippen molar-refractivity contribution in [3.63, 3.8) is 0 Å². The van der Waals surface area contributed by atoms with Gasteiger partial charge in [-0.15, -0.1) is 0 Å². The van der Waals surface area contributed by atoms with Crippen LogP contribution >= 0.6 is 0 Å². The van der Waals surface area contributed by atoms with E-state index < -0.39 is 11.7 Å². The lowest BCUT2D eigenvalue weighted by atomic mass is 10.1. The number of halogens is 3. The number of benzene rings is 1. The van der Waals surface area contributed by atoms with E-state index in [1.54, 1.807) is 12.1 Å². The summed E-state index contributed by atoms with van der Waals surface area (Å²) in [4.78, 5) is 2.08. The van der Waals surface area contributed by atoms with E-state index in [2.05, 4.69) is 10.2 Å². The molecule has 0 bridgehead atoms. The normalized spacial score (nSPS) is 20.9. The van der Waals surface area contributed by atoms with Crippen molar-refractivity contribution in [2.75, 3.05) is 19.6 Å². The van der Waals surface area contributed by atoms with Gasteiger partial charge < -0.3 is 5.32 Å². The van der Waals surface area contributed by atoms with Gasteiger partial charge in [0.25, 0.3) is 0 Å². The maximum atomic E-state index is 12.9. The molecule has 1 fully saturated rings. The molecule has 0 aliphatic carbocycles. The number of alkyl halides is 3. The summed E-state index contributed by atoms with van der Waals surface area (Å²) in [6.07, 6.45) is -3.26. The standard InChI is InChI=1S/C14H19F3N2/c1-2-18-12-7-8-19(10-12)9-11-5-3-4-6-13(11)14(15,16)17/h3-6,12,18H,2,7-10H2,1H3. The Kier molecular flexibility index (Phi) is 4.47. The zero-order valence-corrected chi connectivity index (χ0v) is 11.0. The Labute approximate surface area is 111 Å². The average molecular weight is 272 g/mol. The van der Waals surface area contributed by atoms with Crippen molar-refractivity contribution in [1.82, 2.24) is 10.2 Å². The summed E-state index contributed by atoms with van der Waals surface area (Å²) in [5.41, 5.74) is -0.144. The number of likely N-dealkylation sites (N-methyl/N-ethyl adjacent to an activating group) is 1. The second-order valence-electron chi connectivity index (χ2n) is 4.93. The summed E-state index contributed by atoms with van der Waals surface area (Å²) in [5, 5.41) is 3.34. The Morgan fingerprint density at radius 1 is 1.32 bits per heavy atom. The maximum Gasteiger partial charge on any atom is 0.416 e. The molecule has 19 heavy (non-hydrogen) atoms. The zero-order chi connectivity index (χ0) is 13.9. The van der Waals surface area contributed by atoms with Crippen molar-refractivity contribution in [3.8, 4) is 0 Å². The van der Waals surface area contributed by atoms with Crippen molar-refractivity contribution in [3.05, 3.63) is 35.4 Å². The van der Waals surface area contributed by atoms with Crippen molar-refractivity contribution < 1.29 is 13.2 Å². The van der Waals surface area contributed by atoms with Crippen LogP contribution in [0.2, 0.25) is 0 Å². The number of nitrogens with zero attached hydrogens (tertiary/aromatic N) is 1. The molecule has 0 saturated carbocycles. The molecule has 0 radical (unpaired) electrons. The first-order chi connectivity index (χ1) is 9.00. The van der Waals surface area contributed by atoms with Gasteiger partial charge in [0.05, 0.1) is 5.56 Å². The van der Waals surface area contributed by atoms with Crippen LogP contribution in [0.5, 0.6) is 0 Å². The van der Waals surface area contributed by atoms with Gasteiger partial charge in [-0.2, -0.15) is 13.2 Å². The fourth-order valence-corrected chi connectivity index (χ4v) is 2.61. The lowest BCUT2D eigenvalue weighted by molar-refractivity contribution is -0.138. The maximum absolute atomic E-state index is 12.9. The van der Waals surface area contributed by atoms with Crippen LogP contribution in [0.15, 0.2) is 24.3 Å². The minimum atomic E-state index is -4.27. The van der Waals surface area contributed by atoms with Gasteiger partial charge in [0.2, 0.25) is 0 Å². The lowest BCUT2D eigenvalue weighted by Crippen LogP contribution is -2.32. The molecule has 1 unspecified atom stereocenters. The molecule has 1 aromatic carbocycles. The van der Waals surface area contributed by atoms with Crippen LogP contribution in [0.3, 0.4) is 0 Å². The Morgan fingerprint density at radius 3 is 2.74 bits per heavy atom. The van der Waals surface area contributed by atoms with Crippen LogP contribution in [-0.4, -0.2) is 30.6 Å². The third-order valence-corrected chi connectivity index (χ3v) is 3.48. The lowest BCUT2D eigenvalue weighted by Gasteiger charge is -2.19. The highest BCUT2D eigenvalue weighted by Gasteiger charge is 2.33. The molecular weight excluding hydrogens is 253 g/mol. The molecule has 2 rings (SSSR count). The minimum absolute atomic E-state index is 0.368. The van der Waals surface area contributed by atoms with E-state index in [1.165, 1.54) is 6.07 Å². The highest BCUT2D eigenvalue weighted by atomic mass is 19.4. The molecule has 0 spiro atoms. The van der Waals surface area contributed by atoms with Crippen molar-refractivity contribution in [1.29, 1.82) is 0 Å². The Bertz CT molecular complexity index is 417. The molecule has 1 aromatic rings. The second kappa shape index (κ2) is 5.92. The van der Waals surface area contributed by atoms with Crippen LogP contribution in [0.1, 0.15) is 24.5 Å². The molecule has 2 nitrogen and oxygen atoms in total. The van der Waals surface area contributed by atoms with Gasteiger partial charge in [0.15, 0.2) is 0 Å². The van der Waals surface area contributed by atoms with Gasteiger partial charge in [-0.05, 0) is 24.6 Å². The molecule has 0 aromatic heterocycles. The van der Waals surface area contributed by atoms with Crippen LogP contribution in [0.4, 0.5) is 13.2 Å². The Balaban J connectivity index is 2.04. The number of nitrogens with one attached hydrogen (secondary N) is 1. The van der Waals surface area contributed by atoms with Gasteiger partial charge in [0.1, 0.15) is 0 Å². The van der Waals surface area contributed by atoms with E-state index in [-0.39, 0.29) is 0 Å². The van der Waals surface area contributed by atoms with E-state index in [1.807, 2.05) is 6.92 Å². The van der Waals surface area contributed by atoms with Gasteiger partial charge in [-0.1, -0.05) is 25.1 Å². The van der Waals surface area contributed by atoms with Crippen molar-refractivity contribution in [2.24, 2.45) is 0 Å². The number of hydrogen-bond donors (Lipinski definition) is 1. The van der Waals surface area contributed by atoms with Crippen LogP contribution in [-0.2, 0) is 12.7 Å². The quantitative estimate of drug-likeness (QED) is 0.906. The predicted molar refractivity (Wildman–Crippen MR) is 68.8 cm³/mol. The molecule has 1 N–H and O–H groups in total. The minimum Gasteiger partial charge on any atom is -0.313 e.